The third-order valence-electron chi connectivity index (χ3n) is 5.86. The number of halogens is 3. The minimum Gasteiger partial charge on any atom is -0.857 e. The molecule has 36 heavy (non-hydrogen) atoms. The molecule has 0 atom stereocenters. The number of anilines is 1. The lowest BCUT2D eigenvalue weighted by Crippen LogP contribution is -2.60. The highest BCUT2D eigenvalue weighted by Crippen LogP contribution is 2.43. The number of pyridine rings is 1. The van der Waals surface area contributed by atoms with Gasteiger partial charge >= 0.3 is 12.1 Å². The van der Waals surface area contributed by atoms with E-state index in [2.05, 4.69) is 15.2 Å². The number of nitrogens with zero attached hydrogens (tertiary/aromatic N) is 5. The van der Waals surface area contributed by atoms with E-state index < -0.39 is 17.6 Å². The second-order valence-electron chi connectivity index (χ2n) is 8.20. The van der Waals surface area contributed by atoms with Crippen molar-refractivity contribution in [2.45, 2.75) is 25.4 Å². The summed E-state index contributed by atoms with van der Waals surface area (Å²) < 4.78 is 52.3. The summed E-state index contributed by atoms with van der Waals surface area (Å²) >= 11 is 0.749. The Kier molecular flexibility index (Phi) is 6.16. The average Bonchev–Trinajstić information content (AvgIpc) is 3.48. The maximum absolute atomic E-state index is 14.0. The summed E-state index contributed by atoms with van der Waals surface area (Å²) in [6, 6.07) is 7.38. The fourth-order valence-corrected chi connectivity index (χ4v) is 5.06. The summed E-state index contributed by atoms with van der Waals surface area (Å²) in [5.74, 6) is -0.360. The zero-order chi connectivity index (χ0) is 25.4. The molecular formula is C23H21F3N6O3S. The highest BCUT2D eigenvalue weighted by atomic mass is 32.1. The van der Waals surface area contributed by atoms with Crippen LogP contribution in [0.3, 0.4) is 0 Å². The number of ether oxygens (including phenoxy) is 1. The number of benzene rings is 1. The van der Waals surface area contributed by atoms with E-state index in [0.29, 0.717) is 11.3 Å². The lowest BCUT2D eigenvalue weighted by molar-refractivity contribution is -0.759. The summed E-state index contributed by atoms with van der Waals surface area (Å²) in [7, 11) is 1.49. The Hall–Kier alpha value is -3.87. The van der Waals surface area contributed by atoms with E-state index in [0.717, 1.165) is 49.8 Å². The minimum atomic E-state index is -4.72. The van der Waals surface area contributed by atoms with Gasteiger partial charge in [0.25, 0.3) is 6.20 Å². The Balaban J connectivity index is 1.55. The quantitative estimate of drug-likeness (QED) is 0.244. The number of alkyl halides is 3. The molecule has 0 spiro atoms. The van der Waals surface area contributed by atoms with Crippen LogP contribution in [0, 0.1) is 0 Å². The average molecular weight is 519 g/mol. The highest BCUT2D eigenvalue weighted by Gasteiger charge is 2.36. The molecule has 0 radical (unpaired) electrons. The molecule has 0 bridgehead atoms. The molecule has 4 heterocycles. The molecule has 1 aliphatic rings. The fraction of sp³-hybridized carbons (Fsp3) is 0.304. The normalized spacial score (nSPS) is 15.0. The van der Waals surface area contributed by atoms with E-state index in [-0.39, 0.29) is 32.4 Å². The van der Waals surface area contributed by atoms with E-state index >= 15 is 0 Å². The van der Waals surface area contributed by atoms with Crippen molar-refractivity contribution in [2.24, 2.45) is 4.99 Å². The molecule has 0 saturated carbocycles. The Labute approximate surface area is 207 Å². The smallest absolute Gasteiger partial charge is 0.417 e. The van der Waals surface area contributed by atoms with Crippen molar-refractivity contribution in [3.05, 3.63) is 47.0 Å². The predicted octanol–water partition coefficient (Wildman–Crippen LogP) is 3.41. The first kappa shape index (κ1) is 23.9. The Morgan fingerprint density at radius 1 is 1.22 bits per heavy atom. The zero-order valence-corrected chi connectivity index (χ0v) is 19.9. The summed E-state index contributed by atoms with van der Waals surface area (Å²) in [6.45, 7) is 1.58. The third kappa shape index (κ3) is 4.53. The first-order valence-electron chi connectivity index (χ1n) is 11.1. The summed E-state index contributed by atoms with van der Waals surface area (Å²) in [5, 5.41) is 18.4. The van der Waals surface area contributed by atoms with Crippen molar-refractivity contribution in [2.75, 3.05) is 30.9 Å². The maximum atomic E-state index is 14.0. The molecule has 3 aromatic heterocycles. The maximum Gasteiger partial charge on any atom is 0.417 e. The van der Waals surface area contributed by atoms with E-state index in [4.69, 9.17) is 15.0 Å². The van der Waals surface area contributed by atoms with Crippen LogP contribution in [0.2, 0.25) is 0 Å². The third-order valence-corrected chi connectivity index (χ3v) is 6.95. The summed E-state index contributed by atoms with van der Waals surface area (Å²) in [6.07, 6.45) is -0.120. The van der Waals surface area contributed by atoms with E-state index in [9.17, 15) is 18.3 Å². The number of hydrogen-bond acceptors (Lipinski definition) is 9. The number of nitrogens with two attached hydrogens (primary N) is 1. The number of thiophene rings is 1. The second kappa shape index (κ2) is 9.30. The van der Waals surface area contributed by atoms with Crippen LogP contribution in [0.1, 0.15) is 29.7 Å². The van der Waals surface area contributed by atoms with Crippen LogP contribution in [-0.4, -0.2) is 36.4 Å². The van der Waals surface area contributed by atoms with Crippen molar-refractivity contribution in [3.63, 3.8) is 0 Å². The van der Waals surface area contributed by atoms with E-state index in [1.54, 1.807) is 24.3 Å². The molecule has 13 heteroatoms. The van der Waals surface area contributed by atoms with Crippen LogP contribution in [0.5, 0.6) is 5.75 Å². The number of nitrogen functional groups attached to an aromatic ring is 1. The topological polar surface area (TPSA) is 117 Å². The van der Waals surface area contributed by atoms with E-state index in [1.807, 2.05) is 5.01 Å². The molecule has 1 aromatic carbocycles. The van der Waals surface area contributed by atoms with Gasteiger partial charge in [0.15, 0.2) is 0 Å². The molecule has 4 aromatic rings. The van der Waals surface area contributed by atoms with Gasteiger partial charge in [-0.25, -0.2) is 9.98 Å². The number of rotatable bonds is 5. The summed E-state index contributed by atoms with van der Waals surface area (Å²) in [4.78, 5) is 9.55. The SMILES string of the molecule is COc1ccc(-c2cc(C(F)(F)F)c3c(N)c(/C([O-])=N/c4c[n+](N5CCCCC5)no4)sc3n2)cc1. The minimum absolute atomic E-state index is 0.0207. The first-order valence-corrected chi connectivity index (χ1v) is 11.9. The van der Waals surface area contributed by atoms with Gasteiger partial charge in [-0.3, -0.25) is 4.52 Å². The Morgan fingerprint density at radius 2 is 1.94 bits per heavy atom. The van der Waals surface area contributed by atoms with E-state index in [1.165, 1.54) is 18.1 Å². The number of piperidine rings is 1. The van der Waals surface area contributed by atoms with Gasteiger partial charge in [0, 0.05) is 16.8 Å². The molecule has 2 N–H and O–H groups in total. The van der Waals surface area contributed by atoms with Crippen molar-refractivity contribution in [1.29, 1.82) is 0 Å². The zero-order valence-electron chi connectivity index (χ0n) is 19.1. The van der Waals surface area contributed by atoms with Gasteiger partial charge in [0.1, 0.15) is 10.6 Å². The molecule has 1 aliphatic heterocycles. The van der Waals surface area contributed by atoms with Gasteiger partial charge in [-0.1, -0.05) is 0 Å². The Bertz CT molecular complexity index is 1430. The first-order chi connectivity index (χ1) is 17.2. The number of methoxy groups -OCH3 is 1. The molecule has 1 saturated heterocycles. The van der Waals surface area contributed by atoms with Crippen LogP contribution in [0.25, 0.3) is 21.5 Å². The van der Waals surface area contributed by atoms with Crippen LogP contribution in [-0.2, 0) is 6.18 Å². The summed E-state index contributed by atoms with van der Waals surface area (Å²) in [5.41, 5.74) is 5.29. The molecular weight excluding hydrogens is 497 g/mol. The van der Waals surface area contributed by atoms with Crippen molar-refractivity contribution in [1.82, 2.24) is 10.3 Å². The number of fused-ring (bicyclic) bond motifs is 1. The van der Waals surface area contributed by atoms with Crippen LogP contribution in [0.15, 0.2) is 46.0 Å². The Morgan fingerprint density at radius 3 is 2.61 bits per heavy atom. The molecule has 0 amide bonds. The molecule has 9 nitrogen and oxygen atoms in total. The van der Waals surface area contributed by atoms with Crippen LogP contribution >= 0.6 is 11.3 Å². The van der Waals surface area contributed by atoms with Gasteiger partial charge in [-0.2, -0.15) is 18.2 Å². The predicted molar refractivity (Wildman–Crippen MR) is 126 cm³/mol. The molecule has 0 aliphatic carbocycles. The molecule has 188 valence electrons. The number of aliphatic imine (C=N–C) groups is 1. The molecule has 5 rings (SSSR count). The van der Waals surface area contributed by atoms with Crippen molar-refractivity contribution in [3.8, 4) is 17.0 Å². The standard InChI is InChI=1S/C23H21F3N6O3S/c1-34-14-7-5-13(6-8-14)16-11-15(23(24,25)26)18-19(27)20(36-22(18)28-16)21(33)29-17-12-32(30-35-17)31-9-3-2-4-10-31/h5-8,11-12H,2-4,9-10H2,1H3,(H2-,27,29,30,33). The highest BCUT2D eigenvalue weighted by molar-refractivity contribution is 7.21. The number of aromatic nitrogens is 3. The molecule has 0 unspecified atom stereocenters. The lowest BCUT2D eigenvalue weighted by atomic mass is 10.1. The van der Waals surface area contributed by atoms with Gasteiger partial charge in [-0.15, -0.1) is 11.3 Å². The number of hydrogen-bond donors (Lipinski definition) is 1. The van der Waals surface area contributed by atoms with Crippen LogP contribution in [0.4, 0.5) is 24.7 Å². The van der Waals surface area contributed by atoms with Gasteiger partial charge in [0.05, 0.1) is 46.8 Å². The lowest BCUT2D eigenvalue weighted by Gasteiger charge is -2.17. The fourth-order valence-electron chi connectivity index (χ4n) is 4.06. The van der Waals surface area contributed by atoms with Gasteiger partial charge in [0.2, 0.25) is 5.27 Å². The monoisotopic (exact) mass is 518 g/mol. The van der Waals surface area contributed by atoms with Gasteiger partial charge in [-0.05, 0) is 49.6 Å². The van der Waals surface area contributed by atoms with Gasteiger partial charge < -0.3 is 15.6 Å². The second-order valence-corrected chi connectivity index (χ2v) is 9.20. The molecule has 1 fully saturated rings. The van der Waals surface area contributed by atoms with Crippen LogP contribution < -0.4 is 25.4 Å². The van der Waals surface area contributed by atoms with Crippen molar-refractivity contribution < 1.29 is 32.3 Å². The van der Waals surface area contributed by atoms with Crippen molar-refractivity contribution >= 4 is 39.0 Å². The largest absolute Gasteiger partial charge is 0.857 e.